The van der Waals surface area contributed by atoms with Gasteiger partial charge in [0.15, 0.2) is 11.6 Å². The average Bonchev–Trinajstić information content (AvgIpc) is 3.05. The fraction of sp³-hybridized carbons (Fsp3) is 0.292. The molecule has 1 aromatic carbocycles. The predicted octanol–water partition coefficient (Wildman–Crippen LogP) is 5.22. The molecule has 9 heteroatoms. The summed E-state index contributed by atoms with van der Waals surface area (Å²) in [5.74, 6) is -3.40. The maximum absolute atomic E-state index is 13.8. The number of benzene rings is 1. The van der Waals surface area contributed by atoms with Crippen molar-refractivity contribution in [2.75, 3.05) is 6.54 Å². The smallest absolute Gasteiger partial charge is 0.342 e. The summed E-state index contributed by atoms with van der Waals surface area (Å²) in [6.07, 6.45) is 2.49. The maximum atomic E-state index is 13.8. The highest BCUT2D eigenvalue weighted by Gasteiger charge is 2.38. The first-order valence-electron chi connectivity index (χ1n) is 10.3. The Morgan fingerprint density at radius 2 is 1.94 bits per heavy atom. The molecule has 1 amide bonds. The molecule has 0 saturated heterocycles. The molecule has 0 atom stereocenters. The molecular weight excluding hydrogens is 452 g/mol. The van der Waals surface area contributed by atoms with Gasteiger partial charge in [-0.2, -0.15) is 0 Å². The van der Waals surface area contributed by atoms with Crippen LogP contribution in [-0.4, -0.2) is 39.4 Å². The van der Waals surface area contributed by atoms with Gasteiger partial charge in [0.2, 0.25) is 0 Å². The molecule has 2 aromatic heterocycles. The predicted molar refractivity (Wildman–Crippen MR) is 121 cm³/mol. The number of aromatic amines is 1. The van der Waals surface area contributed by atoms with E-state index in [0.29, 0.717) is 21.7 Å². The van der Waals surface area contributed by atoms with Crippen molar-refractivity contribution in [3.63, 3.8) is 0 Å². The number of esters is 1. The third-order valence-electron chi connectivity index (χ3n) is 5.40. The number of carbonyl (C=O) groups excluding carboxylic acids is 2. The molecule has 172 valence electrons. The molecule has 0 aliphatic carbocycles. The number of nitrogens with zero attached hydrogens (tertiary/aromatic N) is 2. The number of halogens is 3. The van der Waals surface area contributed by atoms with Crippen LogP contribution in [-0.2, 0) is 14.9 Å². The van der Waals surface area contributed by atoms with Gasteiger partial charge in [0.1, 0.15) is 5.65 Å². The molecule has 0 unspecified atom stereocenters. The normalized spacial score (nSPS) is 15.3. The van der Waals surface area contributed by atoms with Gasteiger partial charge in [-0.3, -0.25) is 4.79 Å². The van der Waals surface area contributed by atoms with Crippen LogP contribution in [0.15, 0.2) is 36.7 Å². The summed E-state index contributed by atoms with van der Waals surface area (Å²) in [5, 5.41) is 1.14. The Kier molecular flexibility index (Phi) is 5.74. The molecule has 0 bridgehead atoms. The van der Waals surface area contributed by atoms with Gasteiger partial charge in [0.05, 0.1) is 22.4 Å². The third-order valence-corrected chi connectivity index (χ3v) is 5.61. The highest BCUT2D eigenvalue weighted by atomic mass is 35.5. The lowest BCUT2D eigenvalue weighted by atomic mass is 9.82. The van der Waals surface area contributed by atoms with Crippen LogP contribution >= 0.6 is 11.6 Å². The van der Waals surface area contributed by atoms with Crippen molar-refractivity contribution in [3.8, 4) is 0 Å². The first-order chi connectivity index (χ1) is 15.5. The molecule has 0 fully saturated rings. The first kappa shape index (κ1) is 22.9. The number of nitrogens with one attached hydrogen (secondary N) is 1. The van der Waals surface area contributed by atoms with E-state index in [2.05, 4.69) is 9.97 Å². The Morgan fingerprint density at radius 3 is 2.61 bits per heavy atom. The second-order valence-corrected chi connectivity index (χ2v) is 9.30. The Balaban J connectivity index is 1.91. The van der Waals surface area contributed by atoms with Crippen LogP contribution in [0.3, 0.4) is 0 Å². The summed E-state index contributed by atoms with van der Waals surface area (Å²) in [5.41, 5.74) is 1.16. The van der Waals surface area contributed by atoms with Gasteiger partial charge in [0.25, 0.3) is 5.91 Å². The maximum Gasteiger partial charge on any atom is 0.342 e. The Labute approximate surface area is 194 Å². The largest absolute Gasteiger partial charge is 0.459 e. The van der Waals surface area contributed by atoms with E-state index in [0.717, 1.165) is 17.7 Å². The van der Waals surface area contributed by atoms with Gasteiger partial charge in [-0.1, -0.05) is 25.4 Å². The van der Waals surface area contributed by atoms with Gasteiger partial charge in [0, 0.05) is 35.3 Å². The fourth-order valence-corrected chi connectivity index (χ4v) is 4.24. The van der Waals surface area contributed by atoms with Crippen LogP contribution in [0, 0.1) is 11.6 Å². The number of aromatic nitrogens is 2. The van der Waals surface area contributed by atoms with Gasteiger partial charge >= 0.3 is 5.97 Å². The van der Waals surface area contributed by atoms with Crippen molar-refractivity contribution < 1.29 is 23.1 Å². The van der Waals surface area contributed by atoms with Gasteiger partial charge in [-0.15, -0.1) is 0 Å². The molecule has 33 heavy (non-hydrogen) atoms. The monoisotopic (exact) mass is 473 g/mol. The topological polar surface area (TPSA) is 75.3 Å². The van der Waals surface area contributed by atoms with Gasteiger partial charge in [-0.05, 0) is 43.7 Å². The number of fused-ring (bicyclic) bond motifs is 3. The zero-order valence-electron chi connectivity index (χ0n) is 18.5. The van der Waals surface area contributed by atoms with Crippen LogP contribution in [0.4, 0.5) is 8.78 Å². The highest BCUT2D eigenvalue weighted by molar-refractivity contribution is 6.31. The molecule has 1 aliphatic heterocycles. The van der Waals surface area contributed by atoms with Crippen LogP contribution in [0.2, 0.25) is 5.02 Å². The van der Waals surface area contributed by atoms with Gasteiger partial charge in [-0.25, -0.2) is 18.6 Å². The molecule has 1 aliphatic rings. The molecule has 1 N–H and O–H groups in total. The lowest BCUT2D eigenvalue weighted by Crippen LogP contribution is -2.37. The van der Waals surface area contributed by atoms with E-state index in [4.69, 9.17) is 16.3 Å². The van der Waals surface area contributed by atoms with Crippen LogP contribution in [0.25, 0.3) is 16.6 Å². The minimum absolute atomic E-state index is 0.0438. The SMILES string of the molecule is CC(C)OC(=O)C1=CN(C(=O)c2ccc(F)c(F)c2)CC(C)(C)c2c1[nH]c1ncc(Cl)cc21. The minimum atomic E-state index is -1.13. The fourth-order valence-electron chi connectivity index (χ4n) is 4.08. The van der Waals surface area contributed by atoms with E-state index < -0.39 is 35.0 Å². The van der Waals surface area contributed by atoms with Crippen molar-refractivity contribution in [2.45, 2.75) is 39.2 Å². The van der Waals surface area contributed by atoms with Crippen LogP contribution in [0.5, 0.6) is 0 Å². The number of carbonyl (C=O) groups is 2. The Morgan fingerprint density at radius 1 is 1.21 bits per heavy atom. The van der Waals surface area contributed by atoms with Crippen molar-refractivity contribution in [1.29, 1.82) is 0 Å². The standard InChI is InChI=1S/C24H22ClF2N3O3/c1-12(2)33-23(32)16-10-30(22(31)13-5-6-17(26)18(27)7-13)11-24(3,4)19-15-8-14(25)9-28-21(15)29-20(16)19/h5-10,12H,11H2,1-4H3,(H,28,29). The number of ether oxygens (including phenoxy) is 1. The number of amides is 1. The van der Waals surface area contributed by atoms with E-state index in [-0.39, 0.29) is 17.7 Å². The average molecular weight is 474 g/mol. The van der Waals surface area contributed by atoms with Crippen LogP contribution in [0.1, 0.15) is 49.3 Å². The van der Waals surface area contributed by atoms with Crippen molar-refractivity contribution in [3.05, 3.63) is 70.1 Å². The Bertz CT molecular complexity index is 1310. The second-order valence-electron chi connectivity index (χ2n) is 8.87. The van der Waals surface area contributed by atoms with Crippen molar-refractivity contribution in [2.24, 2.45) is 0 Å². The number of pyridine rings is 1. The van der Waals surface area contributed by atoms with Crippen molar-refractivity contribution in [1.82, 2.24) is 14.9 Å². The van der Waals surface area contributed by atoms with Gasteiger partial charge < -0.3 is 14.6 Å². The second kappa shape index (κ2) is 8.26. The lowest BCUT2D eigenvalue weighted by Gasteiger charge is -2.29. The number of hydrogen-bond donors (Lipinski definition) is 1. The number of H-pyrrole nitrogens is 1. The van der Waals surface area contributed by atoms with E-state index >= 15 is 0 Å². The molecular formula is C24H22ClF2N3O3. The molecule has 6 nitrogen and oxygen atoms in total. The minimum Gasteiger partial charge on any atom is -0.459 e. The Hall–Kier alpha value is -3.26. The molecule has 4 rings (SSSR count). The quantitative estimate of drug-likeness (QED) is 0.529. The summed E-state index contributed by atoms with van der Waals surface area (Å²) < 4.78 is 32.6. The lowest BCUT2D eigenvalue weighted by molar-refractivity contribution is -0.140. The van der Waals surface area contributed by atoms with Crippen molar-refractivity contribution >= 4 is 40.1 Å². The summed E-state index contributed by atoms with van der Waals surface area (Å²) in [6.45, 7) is 7.41. The molecule has 0 spiro atoms. The van der Waals surface area contributed by atoms with E-state index in [1.807, 2.05) is 13.8 Å². The van der Waals surface area contributed by atoms with Crippen LogP contribution < -0.4 is 0 Å². The van der Waals surface area contributed by atoms with E-state index in [9.17, 15) is 18.4 Å². The number of hydrogen-bond acceptors (Lipinski definition) is 4. The molecule has 3 heterocycles. The molecule has 3 aromatic rings. The summed E-state index contributed by atoms with van der Waals surface area (Å²) in [6, 6.07) is 4.69. The zero-order valence-corrected chi connectivity index (χ0v) is 19.3. The molecule has 0 saturated carbocycles. The highest BCUT2D eigenvalue weighted by Crippen LogP contribution is 2.40. The summed E-state index contributed by atoms with van der Waals surface area (Å²) >= 11 is 6.19. The third kappa shape index (κ3) is 4.23. The van der Waals surface area contributed by atoms with E-state index in [1.165, 1.54) is 23.4 Å². The summed E-state index contributed by atoms with van der Waals surface area (Å²) in [7, 11) is 0. The zero-order chi connectivity index (χ0) is 24.1. The van der Waals surface area contributed by atoms with E-state index in [1.54, 1.807) is 19.9 Å². The summed E-state index contributed by atoms with van der Waals surface area (Å²) in [4.78, 5) is 35.2. The number of rotatable bonds is 3. The molecule has 0 radical (unpaired) electrons. The first-order valence-corrected chi connectivity index (χ1v) is 10.7.